The molecule has 14 heavy (non-hydrogen) atoms. The Hall–Kier alpha value is -0.120. The maximum atomic E-state index is 9.65. The molecule has 0 aromatic carbocycles. The highest BCUT2D eigenvalue weighted by Gasteiger charge is 2.48. The summed E-state index contributed by atoms with van der Waals surface area (Å²) in [6, 6.07) is 0.711. The van der Waals surface area contributed by atoms with Crippen LogP contribution in [0.2, 0.25) is 0 Å². The van der Waals surface area contributed by atoms with Crippen LogP contribution in [0.15, 0.2) is 0 Å². The van der Waals surface area contributed by atoms with Gasteiger partial charge in [-0.25, -0.2) is 0 Å². The molecule has 3 nitrogen and oxygen atoms in total. The van der Waals surface area contributed by atoms with Crippen molar-refractivity contribution in [1.29, 1.82) is 0 Å². The molecule has 0 aromatic rings. The highest BCUT2D eigenvalue weighted by molar-refractivity contribution is 5.06. The summed E-state index contributed by atoms with van der Waals surface area (Å²) in [6.45, 7) is 3.90. The molecule has 3 heteroatoms. The normalized spacial score (nSPS) is 46.9. The largest absolute Gasteiger partial charge is 0.394 e. The minimum atomic E-state index is 0.0532. The lowest BCUT2D eigenvalue weighted by Gasteiger charge is -2.53. The van der Waals surface area contributed by atoms with Gasteiger partial charge >= 0.3 is 0 Å². The summed E-state index contributed by atoms with van der Waals surface area (Å²) in [6.07, 6.45) is 5.18. The van der Waals surface area contributed by atoms with Crippen LogP contribution in [0.1, 0.15) is 25.7 Å². The molecule has 2 N–H and O–H groups in total. The summed E-state index contributed by atoms with van der Waals surface area (Å²) in [4.78, 5) is 2.51. The summed E-state index contributed by atoms with van der Waals surface area (Å²) < 4.78 is 0. The van der Waals surface area contributed by atoms with Gasteiger partial charge in [0.25, 0.3) is 0 Å². The summed E-state index contributed by atoms with van der Waals surface area (Å²) in [5.74, 6) is 0.720. The summed E-state index contributed by atoms with van der Waals surface area (Å²) in [7, 11) is 0. The average molecular weight is 196 g/mol. The van der Waals surface area contributed by atoms with E-state index in [0.29, 0.717) is 12.6 Å². The average Bonchev–Trinajstić information content (AvgIpc) is 3.03. The SMILES string of the molecule is OCC1(NC2CC2)CN2CCC1CC2. The zero-order valence-corrected chi connectivity index (χ0v) is 8.71. The Kier molecular flexibility index (Phi) is 2.08. The molecule has 0 aromatic heterocycles. The molecule has 80 valence electrons. The van der Waals surface area contributed by atoms with Crippen LogP contribution in [0.3, 0.4) is 0 Å². The zero-order chi connectivity index (χ0) is 9.60. The van der Waals surface area contributed by atoms with Crippen molar-refractivity contribution >= 4 is 0 Å². The number of nitrogens with one attached hydrogen (secondary N) is 1. The summed E-state index contributed by atoms with van der Waals surface area (Å²) in [5.41, 5.74) is 0.0532. The molecule has 3 aliphatic heterocycles. The molecule has 4 fully saturated rings. The molecule has 1 unspecified atom stereocenters. The van der Waals surface area contributed by atoms with Gasteiger partial charge in [0.1, 0.15) is 0 Å². The number of piperidine rings is 3. The first-order valence-corrected chi connectivity index (χ1v) is 5.93. The van der Waals surface area contributed by atoms with Gasteiger partial charge < -0.3 is 15.3 Å². The fraction of sp³-hybridized carbons (Fsp3) is 1.00. The Morgan fingerprint density at radius 1 is 1.21 bits per heavy atom. The van der Waals surface area contributed by atoms with Gasteiger partial charge in [-0.1, -0.05) is 0 Å². The van der Waals surface area contributed by atoms with E-state index in [2.05, 4.69) is 10.2 Å². The van der Waals surface area contributed by atoms with Crippen molar-refractivity contribution in [3.8, 4) is 0 Å². The van der Waals surface area contributed by atoms with Crippen molar-refractivity contribution in [3.63, 3.8) is 0 Å². The van der Waals surface area contributed by atoms with Gasteiger partial charge in [-0.3, -0.25) is 0 Å². The van der Waals surface area contributed by atoms with Crippen LogP contribution in [0.5, 0.6) is 0 Å². The Balaban J connectivity index is 1.77. The number of fused-ring (bicyclic) bond motifs is 3. The van der Waals surface area contributed by atoms with E-state index in [-0.39, 0.29) is 5.54 Å². The lowest BCUT2D eigenvalue weighted by Crippen LogP contribution is -2.68. The van der Waals surface area contributed by atoms with E-state index in [1.165, 1.54) is 38.8 Å². The van der Waals surface area contributed by atoms with Crippen molar-refractivity contribution < 1.29 is 5.11 Å². The van der Waals surface area contributed by atoms with Crippen LogP contribution in [0, 0.1) is 5.92 Å². The molecule has 2 bridgehead atoms. The van der Waals surface area contributed by atoms with Crippen LogP contribution >= 0.6 is 0 Å². The minimum absolute atomic E-state index is 0.0532. The van der Waals surface area contributed by atoms with E-state index in [1.54, 1.807) is 0 Å². The molecule has 3 saturated heterocycles. The quantitative estimate of drug-likeness (QED) is 0.676. The van der Waals surface area contributed by atoms with Crippen LogP contribution in [0.4, 0.5) is 0 Å². The number of aliphatic hydroxyl groups is 1. The Bertz CT molecular complexity index is 217. The molecule has 3 heterocycles. The molecular weight excluding hydrogens is 176 g/mol. The van der Waals surface area contributed by atoms with Crippen molar-refractivity contribution in [2.45, 2.75) is 37.3 Å². The van der Waals surface area contributed by atoms with Gasteiger partial charge in [0.15, 0.2) is 0 Å². The van der Waals surface area contributed by atoms with Crippen LogP contribution < -0.4 is 5.32 Å². The van der Waals surface area contributed by atoms with Gasteiger partial charge in [0.2, 0.25) is 0 Å². The molecule has 4 rings (SSSR count). The number of nitrogens with zero attached hydrogens (tertiary/aromatic N) is 1. The van der Waals surface area contributed by atoms with E-state index in [9.17, 15) is 5.11 Å². The Labute approximate surface area is 85.5 Å². The fourth-order valence-corrected chi connectivity index (χ4v) is 3.19. The predicted octanol–water partition coefficient (Wildman–Crippen LogP) is 0.195. The first kappa shape index (κ1) is 9.13. The standard InChI is InChI=1S/C11H20N2O/c14-8-11(12-10-1-2-10)7-13-5-3-9(11)4-6-13/h9-10,12,14H,1-8H2. The smallest absolute Gasteiger partial charge is 0.0628 e. The van der Waals surface area contributed by atoms with E-state index in [1.807, 2.05) is 0 Å². The van der Waals surface area contributed by atoms with Crippen LogP contribution in [-0.4, -0.2) is 47.8 Å². The number of hydrogen-bond donors (Lipinski definition) is 2. The van der Waals surface area contributed by atoms with Crippen LogP contribution in [0.25, 0.3) is 0 Å². The summed E-state index contributed by atoms with van der Waals surface area (Å²) >= 11 is 0. The molecular formula is C11H20N2O. The fourth-order valence-electron chi connectivity index (χ4n) is 3.19. The first-order chi connectivity index (χ1) is 6.82. The lowest BCUT2D eigenvalue weighted by atomic mass is 9.73. The zero-order valence-electron chi connectivity index (χ0n) is 8.71. The Morgan fingerprint density at radius 3 is 2.36 bits per heavy atom. The van der Waals surface area contributed by atoms with Crippen molar-refractivity contribution in [3.05, 3.63) is 0 Å². The molecule has 0 amide bonds. The Morgan fingerprint density at radius 2 is 1.93 bits per heavy atom. The maximum Gasteiger partial charge on any atom is 0.0628 e. The predicted molar refractivity (Wildman–Crippen MR) is 55.1 cm³/mol. The molecule has 0 radical (unpaired) electrons. The number of hydrogen-bond acceptors (Lipinski definition) is 3. The highest BCUT2D eigenvalue weighted by Crippen LogP contribution is 2.37. The second-order valence-electron chi connectivity index (χ2n) is 5.28. The van der Waals surface area contributed by atoms with Gasteiger partial charge in [-0.2, -0.15) is 0 Å². The second-order valence-corrected chi connectivity index (χ2v) is 5.28. The topological polar surface area (TPSA) is 35.5 Å². The third kappa shape index (κ3) is 1.38. The first-order valence-electron chi connectivity index (χ1n) is 5.93. The van der Waals surface area contributed by atoms with E-state index in [0.717, 1.165) is 12.5 Å². The number of rotatable bonds is 3. The van der Waals surface area contributed by atoms with E-state index in [4.69, 9.17) is 0 Å². The maximum absolute atomic E-state index is 9.65. The van der Waals surface area contributed by atoms with Gasteiger partial charge in [0, 0.05) is 12.6 Å². The van der Waals surface area contributed by atoms with Crippen molar-refractivity contribution in [2.75, 3.05) is 26.2 Å². The minimum Gasteiger partial charge on any atom is -0.394 e. The van der Waals surface area contributed by atoms with Gasteiger partial charge in [0.05, 0.1) is 12.1 Å². The van der Waals surface area contributed by atoms with E-state index < -0.39 is 0 Å². The van der Waals surface area contributed by atoms with Crippen molar-refractivity contribution in [2.24, 2.45) is 5.92 Å². The molecule has 0 spiro atoms. The molecule has 4 aliphatic rings. The third-order valence-corrected chi connectivity index (χ3v) is 4.23. The van der Waals surface area contributed by atoms with E-state index >= 15 is 0 Å². The monoisotopic (exact) mass is 196 g/mol. The molecule has 1 aliphatic carbocycles. The van der Waals surface area contributed by atoms with Gasteiger partial charge in [-0.15, -0.1) is 0 Å². The van der Waals surface area contributed by atoms with Crippen LogP contribution in [-0.2, 0) is 0 Å². The second kappa shape index (κ2) is 3.19. The highest BCUT2D eigenvalue weighted by atomic mass is 16.3. The van der Waals surface area contributed by atoms with Crippen molar-refractivity contribution in [1.82, 2.24) is 10.2 Å². The molecule has 1 saturated carbocycles. The molecule has 1 atom stereocenters. The van der Waals surface area contributed by atoms with Gasteiger partial charge in [-0.05, 0) is 44.7 Å². The third-order valence-electron chi connectivity index (χ3n) is 4.23. The lowest BCUT2D eigenvalue weighted by molar-refractivity contribution is -0.0262. The summed E-state index contributed by atoms with van der Waals surface area (Å²) in [5, 5.41) is 13.3. The number of aliphatic hydroxyl groups excluding tert-OH is 1.